The van der Waals surface area contributed by atoms with Gasteiger partial charge in [-0.05, 0) is 0 Å². The molecule has 0 saturated heterocycles. The van der Waals surface area contributed by atoms with Crippen LogP contribution in [-0.4, -0.2) is 11.5 Å². The molecular weight excluding hydrogens is 132 g/mol. The van der Waals surface area contributed by atoms with Crippen LogP contribution in [0.1, 0.15) is 0 Å². The molecule has 1 atom stereocenters. The first-order valence-corrected chi connectivity index (χ1v) is 3.09. The molecule has 0 spiro atoms. The number of hydrogen-bond acceptors (Lipinski definition) is 2. The zero-order valence-electron chi connectivity index (χ0n) is 4.79. The number of nitrogens with one attached hydrogen (secondary N) is 1. The van der Waals surface area contributed by atoms with E-state index < -0.39 is 0 Å². The topological polar surface area (TPSA) is 35.8 Å². The second-order valence-corrected chi connectivity index (χ2v) is 2.22. The maximum Gasteiger partial charge on any atom is 0.115 e. The SMILES string of the molecule is N#CC1C=CCNC1=S. The van der Waals surface area contributed by atoms with Gasteiger partial charge in [0.25, 0.3) is 0 Å². The molecule has 9 heavy (non-hydrogen) atoms. The zero-order valence-corrected chi connectivity index (χ0v) is 5.61. The quantitative estimate of drug-likeness (QED) is 0.393. The van der Waals surface area contributed by atoms with Gasteiger partial charge < -0.3 is 5.32 Å². The summed E-state index contributed by atoms with van der Waals surface area (Å²) in [5.74, 6) is -0.200. The molecule has 1 aliphatic rings. The predicted octanol–water partition coefficient (Wildman–Crippen LogP) is 0.613. The molecule has 2 nitrogen and oxygen atoms in total. The van der Waals surface area contributed by atoms with Gasteiger partial charge in [-0.15, -0.1) is 0 Å². The molecule has 46 valence electrons. The molecule has 0 aromatic heterocycles. The first-order valence-electron chi connectivity index (χ1n) is 2.68. The molecule has 0 aromatic rings. The van der Waals surface area contributed by atoms with Gasteiger partial charge in [0.1, 0.15) is 5.92 Å². The van der Waals surface area contributed by atoms with Crippen molar-refractivity contribution in [2.45, 2.75) is 0 Å². The zero-order chi connectivity index (χ0) is 6.69. The van der Waals surface area contributed by atoms with E-state index in [1.165, 1.54) is 0 Å². The number of thiocarbonyl (C=S) groups is 1. The van der Waals surface area contributed by atoms with Crippen LogP contribution in [0.3, 0.4) is 0 Å². The highest BCUT2D eigenvalue weighted by Crippen LogP contribution is 2.02. The maximum atomic E-state index is 8.43. The lowest BCUT2D eigenvalue weighted by Crippen LogP contribution is -2.30. The standard InChI is InChI=1S/C6H6N2S/c7-4-5-2-1-3-8-6(5)9/h1-2,5H,3H2,(H,8,9). The van der Waals surface area contributed by atoms with Gasteiger partial charge in [-0.2, -0.15) is 5.26 Å². The lowest BCUT2D eigenvalue weighted by Gasteiger charge is -2.11. The summed E-state index contributed by atoms with van der Waals surface area (Å²) in [6, 6.07) is 2.06. The van der Waals surface area contributed by atoms with Gasteiger partial charge in [0.05, 0.1) is 11.1 Å². The summed E-state index contributed by atoms with van der Waals surface area (Å²) >= 11 is 4.84. The molecule has 0 bridgehead atoms. The molecule has 1 aliphatic heterocycles. The van der Waals surface area contributed by atoms with E-state index in [1.807, 2.05) is 12.2 Å². The molecule has 0 saturated carbocycles. The van der Waals surface area contributed by atoms with Gasteiger partial charge in [-0.25, -0.2) is 0 Å². The van der Waals surface area contributed by atoms with Crippen molar-refractivity contribution in [2.24, 2.45) is 5.92 Å². The molecule has 0 aliphatic carbocycles. The summed E-state index contributed by atoms with van der Waals surface area (Å²) < 4.78 is 0. The molecule has 1 heterocycles. The summed E-state index contributed by atoms with van der Waals surface area (Å²) in [7, 11) is 0. The molecule has 3 heteroatoms. The average Bonchev–Trinajstić information content (AvgIpc) is 1.89. The number of rotatable bonds is 0. The normalized spacial score (nSPS) is 24.8. The molecule has 1 N–H and O–H groups in total. The minimum atomic E-state index is -0.200. The van der Waals surface area contributed by atoms with Crippen LogP contribution in [0.4, 0.5) is 0 Å². The molecule has 1 rings (SSSR count). The Morgan fingerprint density at radius 3 is 3.11 bits per heavy atom. The van der Waals surface area contributed by atoms with Crippen molar-refractivity contribution < 1.29 is 0 Å². The third-order valence-electron chi connectivity index (χ3n) is 1.14. The van der Waals surface area contributed by atoms with Crippen LogP contribution in [0.5, 0.6) is 0 Å². The molecule has 0 amide bonds. The highest BCUT2D eigenvalue weighted by Gasteiger charge is 2.11. The lowest BCUT2D eigenvalue weighted by molar-refractivity contribution is 0.940. The van der Waals surface area contributed by atoms with E-state index in [0.29, 0.717) is 4.99 Å². The minimum Gasteiger partial charge on any atom is -0.375 e. The third kappa shape index (κ3) is 1.27. The van der Waals surface area contributed by atoms with Gasteiger partial charge in [0.2, 0.25) is 0 Å². The van der Waals surface area contributed by atoms with Crippen molar-refractivity contribution in [1.82, 2.24) is 5.32 Å². The number of hydrogen-bond donors (Lipinski definition) is 1. The summed E-state index contributed by atoms with van der Waals surface area (Å²) in [5, 5.41) is 11.3. The van der Waals surface area contributed by atoms with Crippen LogP contribution < -0.4 is 5.32 Å². The minimum absolute atomic E-state index is 0.200. The Morgan fingerprint density at radius 1 is 1.89 bits per heavy atom. The van der Waals surface area contributed by atoms with Crippen molar-refractivity contribution in [3.63, 3.8) is 0 Å². The Morgan fingerprint density at radius 2 is 2.67 bits per heavy atom. The Hall–Kier alpha value is -0.880. The first kappa shape index (κ1) is 6.24. The Balaban J connectivity index is 2.71. The Bertz CT molecular complexity index is 190. The summed E-state index contributed by atoms with van der Waals surface area (Å²) in [6.45, 7) is 0.761. The second-order valence-electron chi connectivity index (χ2n) is 1.78. The molecule has 0 fully saturated rings. The van der Waals surface area contributed by atoms with Crippen molar-refractivity contribution in [1.29, 1.82) is 5.26 Å². The van der Waals surface area contributed by atoms with Crippen LogP contribution >= 0.6 is 12.2 Å². The molecule has 0 radical (unpaired) electrons. The molecular formula is C6H6N2S. The van der Waals surface area contributed by atoms with E-state index in [2.05, 4.69) is 11.4 Å². The van der Waals surface area contributed by atoms with Crippen molar-refractivity contribution in [3.8, 4) is 6.07 Å². The summed E-state index contributed by atoms with van der Waals surface area (Å²) in [4.78, 5) is 0.639. The van der Waals surface area contributed by atoms with E-state index in [-0.39, 0.29) is 5.92 Å². The average molecular weight is 138 g/mol. The number of nitrogens with zero attached hydrogens (tertiary/aromatic N) is 1. The fourth-order valence-corrected chi connectivity index (χ4v) is 0.877. The predicted molar refractivity (Wildman–Crippen MR) is 38.8 cm³/mol. The highest BCUT2D eigenvalue weighted by atomic mass is 32.1. The fraction of sp³-hybridized carbons (Fsp3) is 0.333. The van der Waals surface area contributed by atoms with Crippen molar-refractivity contribution in [3.05, 3.63) is 12.2 Å². The lowest BCUT2D eigenvalue weighted by atomic mass is 10.1. The van der Waals surface area contributed by atoms with E-state index in [0.717, 1.165) is 6.54 Å². The number of nitriles is 1. The van der Waals surface area contributed by atoms with Crippen LogP contribution in [0, 0.1) is 17.2 Å². The van der Waals surface area contributed by atoms with Gasteiger partial charge in [-0.1, -0.05) is 24.4 Å². The first-order chi connectivity index (χ1) is 4.34. The summed E-state index contributed by atoms with van der Waals surface area (Å²) in [6.07, 6.45) is 3.72. The van der Waals surface area contributed by atoms with Crippen molar-refractivity contribution in [2.75, 3.05) is 6.54 Å². The largest absolute Gasteiger partial charge is 0.375 e. The van der Waals surface area contributed by atoms with Crippen molar-refractivity contribution >= 4 is 17.2 Å². The van der Waals surface area contributed by atoms with Gasteiger partial charge in [-0.3, -0.25) is 0 Å². The second kappa shape index (κ2) is 2.60. The van der Waals surface area contributed by atoms with E-state index in [4.69, 9.17) is 17.5 Å². The van der Waals surface area contributed by atoms with Gasteiger partial charge >= 0.3 is 0 Å². The van der Waals surface area contributed by atoms with Crippen LogP contribution in [-0.2, 0) is 0 Å². The van der Waals surface area contributed by atoms with Gasteiger partial charge in [0.15, 0.2) is 0 Å². The molecule has 0 aromatic carbocycles. The third-order valence-corrected chi connectivity index (χ3v) is 1.54. The summed E-state index contributed by atoms with van der Waals surface area (Å²) in [5.41, 5.74) is 0. The van der Waals surface area contributed by atoms with Crippen LogP contribution in [0.15, 0.2) is 12.2 Å². The van der Waals surface area contributed by atoms with E-state index >= 15 is 0 Å². The smallest absolute Gasteiger partial charge is 0.115 e. The van der Waals surface area contributed by atoms with Gasteiger partial charge in [0, 0.05) is 6.54 Å². The van der Waals surface area contributed by atoms with E-state index in [9.17, 15) is 0 Å². The monoisotopic (exact) mass is 138 g/mol. The fourth-order valence-electron chi connectivity index (χ4n) is 0.663. The maximum absolute atomic E-state index is 8.43. The highest BCUT2D eigenvalue weighted by molar-refractivity contribution is 7.80. The Labute approximate surface area is 59.2 Å². The van der Waals surface area contributed by atoms with E-state index in [1.54, 1.807) is 0 Å². The molecule has 1 unspecified atom stereocenters. The Kier molecular flexibility index (Phi) is 1.81. The van der Waals surface area contributed by atoms with Crippen LogP contribution in [0.2, 0.25) is 0 Å². The van der Waals surface area contributed by atoms with Crippen LogP contribution in [0.25, 0.3) is 0 Å².